The van der Waals surface area contributed by atoms with Crippen molar-refractivity contribution in [1.82, 2.24) is 4.40 Å². The molecular weight excluding hydrogens is 364 g/mol. The maximum atomic E-state index is 2.44. The number of aryl methyl sites for hydroxylation is 3. The van der Waals surface area contributed by atoms with Gasteiger partial charge in [0.2, 0.25) is 5.69 Å². The van der Waals surface area contributed by atoms with Gasteiger partial charge in [-0.05, 0) is 78.1 Å². The molecule has 0 bridgehead atoms. The van der Waals surface area contributed by atoms with E-state index in [4.69, 9.17) is 0 Å². The predicted octanol–water partition coefficient (Wildman–Crippen LogP) is 6.21. The molecule has 152 valence electrons. The molecule has 3 heterocycles. The van der Waals surface area contributed by atoms with E-state index in [2.05, 4.69) is 106 Å². The zero-order chi connectivity index (χ0) is 21.2. The summed E-state index contributed by atoms with van der Waals surface area (Å²) in [5.74, 6) is 0. The predicted molar refractivity (Wildman–Crippen MR) is 125 cm³/mol. The molecule has 1 aromatic carbocycles. The summed E-state index contributed by atoms with van der Waals surface area (Å²) in [6.07, 6.45) is 8.84. The van der Waals surface area contributed by atoms with E-state index in [1.54, 1.807) is 0 Å². The fourth-order valence-electron chi connectivity index (χ4n) is 5.10. The average Bonchev–Trinajstić information content (AvgIpc) is 3.25. The van der Waals surface area contributed by atoms with Crippen molar-refractivity contribution in [3.05, 3.63) is 82.8 Å². The lowest BCUT2D eigenvalue weighted by Gasteiger charge is -2.20. The van der Waals surface area contributed by atoms with E-state index >= 15 is 0 Å². The number of rotatable bonds is 2. The van der Waals surface area contributed by atoms with Crippen molar-refractivity contribution >= 4 is 5.52 Å². The van der Waals surface area contributed by atoms with E-state index in [-0.39, 0.29) is 5.41 Å². The monoisotopic (exact) mass is 395 g/mol. The fraction of sp³-hybridized carbons (Fsp3) is 0.321. The van der Waals surface area contributed by atoms with Gasteiger partial charge in [0.1, 0.15) is 7.05 Å². The number of benzene rings is 1. The Labute approximate surface area is 179 Å². The molecular formula is C28H31N2+. The zero-order valence-electron chi connectivity index (χ0n) is 19.0. The first kappa shape index (κ1) is 19.1. The van der Waals surface area contributed by atoms with Crippen LogP contribution in [0.3, 0.4) is 0 Å². The first-order valence-electron chi connectivity index (χ1n) is 10.9. The van der Waals surface area contributed by atoms with E-state index in [0.717, 1.165) is 12.8 Å². The molecule has 0 N–H and O–H groups in total. The molecule has 0 aliphatic heterocycles. The summed E-state index contributed by atoms with van der Waals surface area (Å²) in [5, 5.41) is 0. The van der Waals surface area contributed by atoms with Crippen LogP contribution >= 0.6 is 0 Å². The molecule has 5 rings (SSSR count). The van der Waals surface area contributed by atoms with Crippen molar-refractivity contribution in [2.24, 2.45) is 12.5 Å². The van der Waals surface area contributed by atoms with Crippen molar-refractivity contribution in [3.63, 3.8) is 0 Å². The summed E-state index contributed by atoms with van der Waals surface area (Å²) in [4.78, 5) is 0. The van der Waals surface area contributed by atoms with Crippen LogP contribution in [0, 0.1) is 19.3 Å². The number of aromatic nitrogens is 2. The number of hydrogen-bond donors (Lipinski definition) is 0. The molecule has 0 fully saturated rings. The molecule has 0 saturated heterocycles. The van der Waals surface area contributed by atoms with Gasteiger partial charge in [0, 0.05) is 35.1 Å². The Morgan fingerprint density at radius 2 is 1.80 bits per heavy atom. The summed E-state index contributed by atoms with van der Waals surface area (Å²) in [5.41, 5.74) is 14.1. The van der Waals surface area contributed by atoms with E-state index in [1.807, 2.05) is 0 Å². The summed E-state index contributed by atoms with van der Waals surface area (Å²) in [6, 6.07) is 13.7. The molecule has 4 aromatic rings. The molecule has 1 aliphatic carbocycles. The highest BCUT2D eigenvalue weighted by molar-refractivity contribution is 5.85. The third-order valence-electron chi connectivity index (χ3n) is 6.49. The summed E-state index contributed by atoms with van der Waals surface area (Å²) in [6.45, 7) is 11.5. The van der Waals surface area contributed by atoms with Gasteiger partial charge < -0.3 is 4.40 Å². The Morgan fingerprint density at radius 1 is 1.00 bits per heavy atom. The normalized spacial score (nSPS) is 13.0. The number of fused-ring (bicyclic) bond motifs is 4. The highest BCUT2D eigenvalue weighted by atomic mass is 14.9. The van der Waals surface area contributed by atoms with Gasteiger partial charge in [-0.3, -0.25) is 0 Å². The molecule has 1 aliphatic rings. The number of pyridine rings is 2. The van der Waals surface area contributed by atoms with Gasteiger partial charge in [0.05, 0.1) is 5.56 Å². The Bertz CT molecular complexity index is 1300. The number of hydrogen-bond acceptors (Lipinski definition) is 0. The Morgan fingerprint density at radius 3 is 2.57 bits per heavy atom. The van der Waals surface area contributed by atoms with Gasteiger partial charge in [-0.2, -0.15) is 0 Å². The van der Waals surface area contributed by atoms with E-state index in [9.17, 15) is 0 Å². The van der Waals surface area contributed by atoms with Crippen molar-refractivity contribution in [2.75, 3.05) is 0 Å². The molecule has 0 saturated carbocycles. The molecule has 0 radical (unpaired) electrons. The van der Waals surface area contributed by atoms with Crippen LogP contribution in [0.2, 0.25) is 0 Å². The minimum absolute atomic E-state index is 0.272. The lowest BCUT2D eigenvalue weighted by atomic mass is 9.85. The minimum Gasteiger partial charge on any atom is -0.323 e. The van der Waals surface area contributed by atoms with Gasteiger partial charge in [0.15, 0.2) is 6.20 Å². The van der Waals surface area contributed by atoms with E-state index in [1.165, 1.54) is 55.7 Å². The molecule has 3 aromatic heterocycles. The topological polar surface area (TPSA) is 8.29 Å². The molecule has 30 heavy (non-hydrogen) atoms. The molecule has 0 amide bonds. The van der Waals surface area contributed by atoms with Crippen LogP contribution in [0.1, 0.15) is 48.6 Å². The minimum atomic E-state index is 0.272. The summed E-state index contributed by atoms with van der Waals surface area (Å²) >= 11 is 0. The maximum Gasteiger partial charge on any atom is 0.213 e. The van der Waals surface area contributed by atoms with Crippen molar-refractivity contribution in [1.29, 1.82) is 0 Å². The van der Waals surface area contributed by atoms with Crippen LogP contribution in [0.15, 0.2) is 55.0 Å². The first-order valence-corrected chi connectivity index (χ1v) is 10.9. The van der Waals surface area contributed by atoms with E-state index < -0.39 is 0 Å². The zero-order valence-corrected chi connectivity index (χ0v) is 19.0. The summed E-state index contributed by atoms with van der Waals surface area (Å²) < 4.78 is 4.55. The molecule has 2 nitrogen and oxygen atoms in total. The summed E-state index contributed by atoms with van der Waals surface area (Å²) in [7, 11) is 2.19. The standard InChI is InChI=1S/C28H31N2/c1-18-9-10-23-24(13-20-12-22-8-7-11-30(22)17-25(20)23)27(18)26-14-21(15-28(3,4)5)19(2)16-29(26)6/h7-12,14,16-17H,13,15H2,1-6H3/q+1. The third-order valence-corrected chi connectivity index (χ3v) is 6.49. The van der Waals surface area contributed by atoms with Gasteiger partial charge in [-0.25, -0.2) is 4.57 Å². The van der Waals surface area contributed by atoms with Gasteiger partial charge in [-0.1, -0.05) is 32.9 Å². The maximum absolute atomic E-state index is 2.44. The van der Waals surface area contributed by atoms with Crippen LogP contribution in [0.25, 0.3) is 27.9 Å². The molecule has 0 unspecified atom stereocenters. The van der Waals surface area contributed by atoms with Gasteiger partial charge in [-0.15, -0.1) is 0 Å². The highest BCUT2D eigenvalue weighted by Gasteiger charge is 2.28. The van der Waals surface area contributed by atoms with Crippen LogP contribution in [-0.2, 0) is 19.9 Å². The average molecular weight is 396 g/mol. The van der Waals surface area contributed by atoms with Crippen LogP contribution in [-0.4, -0.2) is 4.40 Å². The Balaban J connectivity index is 1.71. The lowest BCUT2D eigenvalue weighted by molar-refractivity contribution is -0.660. The van der Waals surface area contributed by atoms with Gasteiger partial charge >= 0.3 is 0 Å². The number of nitrogens with zero attached hydrogens (tertiary/aromatic N) is 2. The Hall–Kier alpha value is -2.87. The first-order chi connectivity index (χ1) is 14.2. The molecule has 2 heteroatoms. The second-order valence-corrected chi connectivity index (χ2v) is 10.2. The molecule has 0 spiro atoms. The third kappa shape index (κ3) is 3.06. The fourth-order valence-corrected chi connectivity index (χ4v) is 5.10. The SMILES string of the molecule is Cc1c[n+](C)c(-c2c(C)ccc3c2Cc2cc4cccn4cc2-3)cc1CC(C)(C)C. The smallest absolute Gasteiger partial charge is 0.213 e. The van der Waals surface area contributed by atoms with Crippen molar-refractivity contribution < 1.29 is 4.57 Å². The largest absolute Gasteiger partial charge is 0.323 e. The van der Waals surface area contributed by atoms with E-state index in [0.29, 0.717) is 0 Å². The Kier molecular flexibility index (Phi) is 4.18. The van der Waals surface area contributed by atoms with Crippen LogP contribution in [0.4, 0.5) is 0 Å². The van der Waals surface area contributed by atoms with Crippen LogP contribution in [0.5, 0.6) is 0 Å². The van der Waals surface area contributed by atoms with Crippen LogP contribution < -0.4 is 4.57 Å². The second-order valence-electron chi connectivity index (χ2n) is 10.2. The quantitative estimate of drug-likeness (QED) is 0.314. The van der Waals surface area contributed by atoms with Gasteiger partial charge in [0.25, 0.3) is 0 Å². The lowest BCUT2D eigenvalue weighted by Crippen LogP contribution is -2.32. The molecule has 0 atom stereocenters. The van der Waals surface area contributed by atoms with Crippen molar-refractivity contribution in [3.8, 4) is 22.4 Å². The van der Waals surface area contributed by atoms with Crippen molar-refractivity contribution in [2.45, 2.75) is 47.5 Å². The second kappa shape index (κ2) is 6.57. The highest BCUT2D eigenvalue weighted by Crippen LogP contribution is 2.43.